The summed E-state index contributed by atoms with van der Waals surface area (Å²) >= 11 is 0. The van der Waals surface area contributed by atoms with E-state index in [0.717, 1.165) is 12.8 Å². The average Bonchev–Trinajstić information content (AvgIpc) is 2.58. The van der Waals surface area contributed by atoms with Crippen LogP contribution in [0.1, 0.15) is 79.6 Å². The third-order valence-corrected chi connectivity index (χ3v) is 5.43. The molecule has 0 saturated carbocycles. The maximum atomic E-state index is 12.6. The summed E-state index contributed by atoms with van der Waals surface area (Å²) in [6.07, 6.45) is 4.02. The molecule has 0 amide bonds. The van der Waals surface area contributed by atoms with Crippen LogP contribution in [0, 0.1) is 11.3 Å². The molecule has 1 fully saturated rings. The van der Waals surface area contributed by atoms with Gasteiger partial charge in [-0.2, -0.15) is 0 Å². The van der Waals surface area contributed by atoms with Crippen LogP contribution in [0.4, 0.5) is 0 Å². The third-order valence-electron chi connectivity index (χ3n) is 5.43. The highest BCUT2D eigenvalue weighted by atomic mass is 17.2. The summed E-state index contributed by atoms with van der Waals surface area (Å²) in [5.74, 6) is -0.365. The van der Waals surface area contributed by atoms with Crippen molar-refractivity contribution in [2.45, 2.75) is 91.3 Å². The zero-order chi connectivity index (χ0) is 20.0. The van der Waals surface area contributed by atoms with E-state index in [1.54, 1.807) is 13.8 Å². The Morgan fingerprint density at radius 1 is 1.27 bits per heavy atom. The Labute approximate surface area is 156 Å². The van der Waals surface area contributed by atoms with Crippen molar-refractivity contribution < 1.29 is 28.9 Å². The van der Waals surface area contributed by atoms with Crippen molar-refractivity contribution in [2.75, 3.05) is 7.11 Å². The second-order valence-electron chi connectivity index (χ2n) is 8.38. The van der Waals surface area contributed by atoms with Crippen molar-refractivity contribution in [2.24, 2.45) is 11.3 Å². The molecule has 0 unspecified atom stereocenters. The van der Waals surface area contributed by atoms with Gasteiger partial charge in [0.2, 0.25) is 0 Å². The zero-order valence-electron chi connectivity index (χ0n) is 17.1. The zero-order valence-corrected chi connectivity index (χ0v) is 17.1. The van der Waals surface area contributed by atoms with Crippen LogP contribution in [0.15, 0.2) is 0 Å². The molecule has 0 bridgehead atoms. The molecule has 0 spiro atoms. The molecule has 0 aromatic heterocycles. The van der Waals surface area contributed by atoms with Gasteiger partial charge < -0.3 is 9.53 Å². The summed E-state index contributed by atoms with van der Waals surface area (Å²) in [6.45, 7) is 9.14. The summed E-state index contributed by atoms with van der Waals surface area (Å²) in [5.41, 5.74) is -0.971. The number of hydrogen-bond donors (Lipinski definition) is 0. The Balaban J connectivity index is 2.45. The molecule has 0 radical (unpaired) electrons. The normalized spacial score (nSPS) is 24.8. The van der Waals surface area contributed by atoms with E-state index in [0.29, 0.717) is 32.1 Å². The Hall–Kier alpha value is -1.27. The van der Waals surface area contributed by atoms with Gasteiger partial charge in [-0.15, -0.1) is 0 Å². The number of rotatable bonds is 10. The summed E-state index contributed by atoms with van der Waals surface area (Å²) in [4.78, 5) is 46.3. The molecule has 26 heavy (non-hydrogen) atoms. The average molecular weight is 370 g/mol. The number of carbonyl (C=O) groups excluding carboxylic acids is 3. The molecule has 1 aliphatic heterocycles. The minimum absolute atomic E-state index is 0.157. The number of carbonyl (C=O) groups is 3. The fourth-order valence-electron chi connectivity index (χ4n) is 3.19. The minimum atomic E-state index is -0.530. The van der Waals surface area contributed by atoms with Crippen LogP contribution >= 0.6 is 0 Å². The Morgan fingerprint density at radius 2 is 1.92 bits per heavy atom. The van der Waals surface area contributed by atoms with Gasteiger partial charge in [-0.3, -0.25) is 9.59 Å². The second kappa shape index (κ2) is 9.60. The molecule has 3 atom stereocenters. The maximum Gasteiger partial charge on any atom is 0.311 e. The van der Waals surface area contributed by atoms with E-state index in [1.165, 1.54) is 7.11 Å². The summed E-state index contributed by atoms with van der Waals surface area (Å²) in [6, 6.07) is 0. The van der Waals surface area contributed by atoms with E-state index in [1.807, 2.05) is 20.8 Å². The van der Waals surface area contributed by atoms with Crippen LogP contribution in [0.25, 0.3) is 0 Å². The number of ketones is 2. The van der Waals surface area contributed by atoms with Crippen LogP contribution in [-0.4, -0.2) is 36.4 Å². The number of ether oxygens (including phenoxy) is 1. The van der Waals surface area contributed by atoms with E-state index in [9.17, 15) is 14.4 Å². The lowest BCUT2D eigenvalue weighted by atomic mass is 9.79. The first kappa shape index (κ1) is 22.8. The van der Waals surface area contributed by atoms with Crippen molar-refractivity contribution in [1.82, 2.24) is 0 Å². The van der Waals surface area contributed by atoms with Gasteiger partial charge in [-0.25, -0.2) is 9.78 Å². The molecule has 1 aliphatic rings. The van der Waals surface area contributed by atoms with Crippen molar-refractivity contribution in [3.8, 4) is 0 Å². The molecule has 0 N–H and O–H groups in total. The molecule has 1 heterocycles. The van der Waals surface area contributed by atoms with E-state index in [-0.39, 0.29) is 29.6 Å². The van der Waals surface area contributed by atoms with Gasteiger partial charge >= 0.3 is 5.97 Å². The quantitative estimate of drug-likeness (QED) is 0.430. The lowest BCUT2D eigenvalue weighted by Crippen LogP contribution is -2.42. The summed E-state index contributed by atoms with van der Waals surface area (Å²) in [7, 11) is 1.36. The SMILES string of the molecule is COC(=O)[C@H](C)[C@H]1CC[C@@](C)(CCC(=O)C(C)(C)CCCC(C)=O)OO1. The predicted octanol–water partition coefficient (Wildman–Crippen LogP) is 3.80. The van der Waals surface area contributed by atoms with E-state index < -0.39 is 11.0 Å². The third kappa shape index (κ3) is 6.80. The largest absolute Gasteiger partial charge is 0.469 e. The van der Waals surface area contributed by atoms with Crippen molar-refractivity contribution in [1.29, 1.82) is 0 Å². The first-order chi connectivity index (χ1) is 12.0. The van der Waals surface area contributed by atoms with Crippen molar-refractivity contribution >= 4 is 17.5 Å². The molecule has 0 aliphatic carbocycles. The number of hydrogen-bond acceptors (Lipinski definition) is 6. The lowest BCUT2D eigenvalue weighted by molar-refractivity contribution is -0.411. The Bertz CT molecular complexity index is 502. The first-order valence-electron chi connectivity index (χ1n) is 9.46. The maximum absolute atomic E-state index is 12.6. The molecule has 0 aromatic rings. The molecular weight excluding hydrogens is 336 g/mol. The van der Waals surface area contributed by atoms with Gasteiger partial charge in [0, 0.05) is 18.3 Å². The number of esters is 1. The first-order valence-corrected chi connectivity index (χ1v) is 9.46. The van der Waals surface area contributed by atoms with Gasteiger partial charge in [0.15, 0.2) is 0 Å². The van der Waals surface area contributed by atoms with Crippen LogP contribution in [-0.2, 0) is 28.9 Å². The lowest BCUT2D eigenvalue weighted by Gasteiger charge is -2.37. The van der Waals surface area contributed by atoms with Crippen LogP contribution < -0.4 is 0 Å². The molecule has 1 saturated heterocycles. The van der Waals surface area contributed by atoms with Gasteiger partial charge in [0.1, 0.15) is 23.3 Å². The van der Waals surface area contributed by atoms with Crippen LogP contribution in [0.5, 0.6) is 0 Å². The van der Waals surface area contributed by atoms with Gasteiger partial charge in [0.05, 0.1) is 13.0 Å². The molecule has 1 rings (SSSR count). The summed E-state index contributed by atoms with van der Waals surface area (Å²) in [5, 5.41) is 0. The molecular formula is C20H34O6. The topological polar surface area (TPSA) is 78.9 Å². The summed E-state index contributed by atoms with van der Waals surface area (Å²) < 4.78 is 4.74. The minimum Gasteiger partial charge on any atom is -0.469 e. The highest BCUT2D eigenvalue weighted by Gasteiger charge is 2.39. The van der Waals surface area contributed by atoms with Gasteiger partial charge in [0.25, 0.3) is 0 Å². The monoisotopic (exact) mass is 370 g/mol. The fraction of sp³-hybridized carbons (Fsp3) is 0.850. The van der Waals surface area contributed by atoms with Crippen molar-refractivity contribution in [3.63, 3.8) is 0 Å². The smallest absolute Gasteiger partial charge is 0.311 e. The Morgan fingerprint density at radius 3 is 2.42 bits per heavy atom. The van der Waals surface area contributed by atoms with Gasteiger partial charge in [-0.05, 0) is 52.9 Å². The molecule has 6 heteroatoms. The standard InChI is InChI=1S/C20H34O6/c1-14(21)8-7-11-19(3,4)17(22)10-13-20(5)12-9-16(25-26-20)15(2)18(23)24-6/h15-16H,7-13H2,1-6H3/t15-,16-,20+/m1/s1. The molecule has 150 valence electrons. The second-order valence-corrected chi connectivity index (χ2v) is 8.38. The highest BCUT2D eigenvalue weighted by Crippen LogP contribution is 2.35. The van der Waals surface area contributed by atoms with E-state index >= 15 is 0 Å². The predicted molar refractivity (Wildman–Crippen MR) is 97.3 cm³/mol. The fourth-order valence-corrected chi connectivity index (χ4v) is 3.19. The van der Waals surface area contributed by atoms with E-state index in [4.69, 9.17) is 14.5 Å². The number of methoxy groups -OCH3 is 1. The van der Waals surface area contributed by atoms with E-state index in [2.05, 4.69) is 0 Å². The highest BCUT2D eigenvalue weighted by molar-refractivity contribution is 5.84. The number of Topliss-reactive ketones (excluding diaryl/α,β-unsaturated/α-hetero) is 2. The Kier molecular flexibility index (Phi) is 8.41. The van der Waals surface area contributed by atoms with Crippen LogP contribution in [0.2, 0.25) is 0 Å². The molecule has 0 aromatic carbocycles. The van der Waals surface area contributed by atoms with Gasteiger partial charge in [-0.1, -0.05) is 13.8 Å². The van der Waals surface area contributed by atoms with Crippen LogP contribution in [0.3, 0.4) is 0 Å². The van der Waals surface area contributed by atoms with Crippen molar-refractivity contribution in [3.05, 3.63) is 0 Å². The molecule has 6 nitrogen and oxygen atoms in total.